The molecule has 0 saturated heterocycles. The summed E-state index contributed by atoms with van der Waals surface area (Å²) in [6, 6.07) is 9.52. The molecule has 3 aromatic rings. The Morgan fingerprint density at radius 1 is 1.22 bits per heavy atom. The molecule has 27 heavy (non-hydrogen) atoms. The van der Waals surface area contributed by atoms with Gasteiger partial charge in [0.05, 0.1) is 16.8 Å². The number of carbonyl (C=O) groups excluding carboxylic acids is 1. The number of fused-ring (bicyclic) bond motifs is 2. The van der Waals surface area contributed by atoms with Crippen LogP contribution in [0, 0.1) is 5.82 Å². The molecule has 140 valence electrons. The monoisotopic (exact) mass is 388 g/mol. The van der Waals surface area contributed by atoms with Crippen LogP contribution in [0.25, 0.3) is 10.2 Å². The van der Waals surface area contributed by atoms with Crippen LogP contribution in [-0.4, -0.2) is 37.4 Å². The van der Waals surface area contributed by atoms with E-state index < -0.39 is 5.91 Å². The molecule has 0 atom stereocenters. The molecule has 4 rings (SSSR count). The number of ether oxygens (including phenoxy) is 3. The summed E-state index contributed by atoms with van der Waals surface area (Å²) in [4.78, 5) is 17.5. The number of methoxy groups -OCH3 is 1. The van der Waals surface area contributed by atoms with Gasteiger partial charge in [-0.15, -0.1) is 0 Å². The quantitative estimate of drug-likeness (QED) is 0.689. The minimum Gasteiger partial charge on any atom is -0.486 e. The van der Waals surface area contributed by atoms with Gasteiger partial charge < -0.3 is 18.8 Å². The first-order chi connectivity index (χ1) is 13.2. The third kappa shape index (κ3) is 3.58. The van der Waals surface area contributed by atoms with Crippen molar-refractivity contribution in [3.05, 3.63) is 52.6 Å². The molecule has 2 heterocycles. The van der Waals surface area contributed by atoms with Crippen molar-refractivity contribution in [3.8, 4) is 11.5 Å². The number of rotatable bonds is 4. The SMILES string of the molecule is COCCn1c(=NC(=O)c2ccc3c(c2)OCCO3)sc2cc(F)ccc21. The minimum atomic E-state index is -0.398. The van der Waals surface area contributed by atoms with Gasteiger partial charge in [-0.3, -0.25) is 4.79 Å². The second-order valence-corrected chi connectivity index (χ2v) is 6.93. The van der Waals surface area contributed by atoms with E-state index >= 15 is 0 Å². The molecule has 0 unspecified atom stereocenters. The molecule has 0 aliphatic carbocycles. The van der Waals surface area contributed by atoms with Crippen LogP contribution in [-0.2, 0) is 11.3 Å². The zero-order chi connectivity index (χ0) is 18.8. The topological polar surface area (TPSA) is 62.1 Å². The van der Waals surface area contributed by atoms with Crippen LogP contribution in [0.2, 0.25) is 0 Å². The van der Waals surface area contributed by atoms with Crippen molar-refractivity contribution in [2.24, 2.45) is 4.99 Å². The minimum absolute atomic E-state index is 0.327. The van der Waals surface area contributed by atoms with Crippen LogP contribution >= 0.6 is 11.3 Å². The van der Waals surface area contributed by atoms with Crippen molar-refractivity contribution in [2.45, 2.75) is 6.54 Å². The number of halogens is 1. The first-order valence-electron chi connectivity index (χ1n) is 8.42. The average molecular weight is 388 g/mol. The first kappa shape index (κ1) is 17.7. The van der Waals surface area contributed by atoms with Crippen molar-refractivity contribution in [3.63, 3.8) is 0 Å². The fraction of sp³-hybridized carbons (Fsp3) is 0.263. The zero-order valence-electron chi connectivity index (χ0n) is 14.6. The van der Waals surface area contributed by atoms with Crippen molar-refractivity contribution >= 4 is 27.5 Å². The van der Waals surface area contributed by atoms with E-state index in [2.05, 4.69) is 4.99 Å². The Balaban J connectivity index is 1.76. The highest BCUT2D eigenvalue weighted by Gasteiger charge is 2.15. The molecule has 2 aromatic carbocycles. The Kier molecular flexibility index (Phi) is 4.91. The van der Waals surface area contributed by atoms with Gasteiger partial charge in [0, 0.05) is 19.2 Å². The number of hydrogen-bond acceptors (Lipinski definition) is 5. The Bertz CT molecular complexity index is 1070. The van der Waals surface area contributed by atoms with Crippen molar-refractivity contribution < 1.29 is 23.4 Å². The number of thiazole rings is 1. The van der Waals surface area contributed by atoms with E-state index in [1.54, 1.807) is 31.4 Å². The summed E-state index contributed by atoms with van der Waals surface area (Å²) in [7, 11) is 1.60. The predicted octanol–water partition coefficient (Wildman–Crippen LogP) is 3.00. The predicted molar refractivity (Wildman–Crippen MR) is 99.0 cm³/mol. The number of nitrogens with zero attached hydrogens (tertiary/aromatic N) is 2. The van der Waals surface area contributed by atoms with E-state index in [4.69, 9.17) is 14.2 Å². The number of benzene rings is 2. The summed E-state index contributed by atoms with van der Waals surface area (Å²) >= 11 is 1.26. The van der Waals surface area contributed by atoms with E-state index in [1.165, 1.54) is 23.5 Å². The normalized spacial score (nSPS) is 13.9. The van der Waals surface area contributed by atoms with Crippen molar-refractivity contribution in [1.29, 1.82) is 0 Å². The lowest BCUT2D eigenvalue weighted by Gasteiger charge is -2.18. The Morgan fingerprint density at radius 2 is 2.04 bits per heavy atom. The summed E-state index contributed by atoms with van der Waals surface area (Å²) in [5.41, 5.74) is 1.22. The van der Waals surface area contributed by atoms with Crippen molar-refractivity contribution in [1.82, 2.24) is 4.57 Å². The molecule has 1 aliphatic rings. The summed E-state index contributed by atoms with van der Waals surface area (Å²) in [6.07, 6.45) is 0. The molecule has 0 radical (unpaired) electrons. The van der Waals surface area contributed by atoms with Gasteiger partial charge in [0.2, 0.25) is 0 Å². The lowest BCUT2D eigenvalue weighted by Crippen LogP contribution is -2.19. The Labute approximate surface area is 158 Å². The standard InChI is InChI=1S/C19H17FN2O4S/c1-24-7-6-22-14-4-3-13(20)11-17(14)27-19(22)21-18(23)12-2-5-15-16(10-12)26-9-8-25-15/h2-5,10-11H,6-9H2,1H3. The molecule has 8 heteroatoms. The van der Waals surface area contributed by atoms with Crippen molar-refractivity contribution in [2.75, 3.05) is 26.9 Å². The van der Waals surface area contributed by atoms with E-state index in [-0.39, 0.29) is 5.82 Å². The molecule has 1 aromatic heterocycles. The van der Waals surface area contributed by atoms with E-state index in [9.17, 15) is 9.18 Å². The van der Waals surface area contributed by atoms with E-state index in [0.717, 1.165) is 10.2 Å². The van der Waals surface area contributed by atoms with E-state index in [0.29, 0.717) is 48.2 Å². The van der Waals surface area contributed by atoms with Gasteiger partial charge in [-0.25, -0.2) is 4.39 Å². The molecule has 0 spiro atoms. The third-order valence-electron chi connectivity index (χ3n) is 4.15. The van der Waals surface area contributed by atoms with Crippen LogP contribution in [0.4, 0.5) is 4.39 Å². The summed E-state index contributed by atoms with van der Waals surface area (Å²) in [5.74, 6) is 0.427. The maximum absolute atomic E-state index is 13.6. The smallest absolute Gasteiger partial charge is 0.279 e. The highest BCUT2D eigenvalue weighted by Crippen LogP contribution is 2.31. The zero-order valence-corrected chi connectivity index (χ0v) is 15.4. The molecule has 6 nitrogen and oxygen atoms in total. The molecule has 1 amide bonds. The third-order valence-corrected chi connectivity index (χ3v) is 5.19. The lowest BCUT2D eigenvalue weighted by molar-refractivity contribution is 0.0996. The van der Waals surface area contributed by atoms with Gasteiger partial charge in [0.25, 0.3) is 5.91 Å². The van der Waals surface area contributed by atoms with Gasteiger partial charge in [0.15, 0.2) is 16.3 Å². The average Bonchev–Trinajstić information content (AvgIpc) is 3.01. The molecular weight excluding hydrogens is 371 g/mol. The number of amides is 1. The summed E-state index contributed by atoms with van der Waals surface area (Å²) in [5, 5.41) is 0. The number of aromatic nitrogens is 1. The fourth-order valence-corrected chi connectivity index (χ4v) is 3.94. The number of carbonyl (C=O) groups is 1. The van der Waals surface area contributed by atoms with E-state index in [1.807, 2.05) is 4.57 Å². The molecule has 0 fully saturated rings. The first-order valence-corrected chi connectivity index (χ1v) is 9.24. The summed E-state index contributed by atoms with van der Waals surface area (Å²) < 4.78 is 32.3. The van der Waals surface area contributed by atoms with Crippen LogP contribution < -0.4 is 14.3 Å². The highest BCUT2D eigenvalue weighted by atomic mass is 32.1. The van der Waals surface area contributed by atoms with Crippen LogP contribution in [0.3, 0.4) is 0 Å². The van der Waals surface area contributed by atoms with Crippen LogP contribution in [0.15, 0.2) is 41.4 Å². The molecule has 0 bridgehead atoms. The molecule has 0 N–H and O–H groups in total. The maximum atomic E-state index is 13.6. The summed E-state index contributed by atoms with van der Waals surface area (Å²) in [6.45, 7) is 1.90. The Hall–Kier alpha value is -2.71. The fourth-order valence-electron chi connectivity index (χ4n) is 2.86. The highest BCUT2D eigenvalue weighted by molar-refractivity contribution is 7.16. The van der Waals surface area contributed by atoms with Crippen LogP contribution in [0.5, 0.6) is 11.5 Å². The lowest BCUT2D eigenvalue weighted by atomic mass is 10.2. The van der Waals surface area contributed by atoms with Gasteiger partial charge in [-0.2, -0.15) is 4.99 Å². The molecular formula is C19H17FN2O4S. The van der Waals surface area contributed by atoms with Crippen LogP contribution in [0.1, 0.15) is 10.4 Å². The maximum Gasteiger partial charge on any atom is 0.279 e. The second-order valence-electron chi connectivity index (χ2n) is 5.92. The van der Waals surface area contributed by atoms with Gasteiger partial charge >= 0.3 is 0 Å². The number of hydrogen-bond donors (Lipinski definition) is 0. The van der Waals surface area contributed by atoms with Gasteiger partial charge in [0.1, 0.15) is 19.0 Å². The molecule has 1 aliphatic heterocycles. The largest absolute Gasteiger partial charge is 0.486 e. The van der Waals surface area contributed by atoms with Gasteiger partial charge in [-0.1, -0.05) is 11.3 Å². The Morgan fingerprint density at radius 3 is 2.85 bits per heavy atom. The molecule has 0 saturated carbocycles. The van der Waals surface area contributed by atoms with Gasteiger partial charge in [-0.05, 0) is 36.4 Å². The second kappa shape index (κ2) is 7.50.